The van der Waals surface area contributed by atoms with E-state index in [4.69, 9.17) is 11.5 Å². The molecule has 2 aromatic carbocycles. The molecule has 37 heavy (non-hydrogen) atoms. The molecule has 0 radical (unpaired) electrons. The third-order valence-corrected chi connectivity index (χ3v) is 6.91. The Balaban J connectivity index is 2.23. The Morgan fingerprint density at radius 1 is 1.05 bits per heavy atom. The van der Waals surface area contributed by atoms with E-state index in [0.717, 1.165) is 5.69 Å². The molecule has 9 nitrogen and oxygen atoms in total. The van der Waals surface area contributed by atoms with Gasteiger partial charge in [0.2, 0.25) is 5.91 Å². The van der Waals surface area contributed by atoms with Gasteiger partial charge in [0.05, 0.1) is 5.69 Å². The van der Waals surface area contributed by atoms with Crippen molar-refractivity contribution in [2.24, 2.45) is 5.73 Å². The Kier molecular flexibility index (Phi) is 8.17. The number of nitrogen functional groups attached to an aromatic ring is 1. The lowest BCUT2D eigenvalue weighted by molar-refractivity contribution is -0.124. The minimum atomic E-state index is -1.15. The summed E-state index contributed by atoms with van der Waals surface area (Å²) in [4.78, 5) is 42.7. The fraction of sp³-hybridized carbons (Fsp3) is 0.308. The smallest absolute Gasteiger partial charge is 0.273 e. The lowest BCUT2D eigenvalue weighted by Crippen LogP contribution is -2.50. The highest BCUT2D eigenvalue weighted by Gasteiger charge is 2.37. The number of hydrogen-bond donors (Lipinski definition) is 3. The molecule has 0 bridgehead atoms. The van der Waals surface area contributed by atoms with Gasteiger partial charge in [-0.05, 0) is 73.8 Å². The molecular weight excluding hydrogens is 495 g/mol. The van der Waals surface area contributed by atoms with Crippen LogP contribution in [0.25, 0.3) is 0 Å². The number of carbonyl (C=O) groups is 3. The van der Waals surface area contributed by atoms with Crippen LogP contribution in [0.15, 0.2) is 48.5 Å². The molecule has 0 saturated heterocycles. The number of halogens is 1. The van der Waals surface area contributed by atoms with Gasteiger partial charge in [0.15, 0.2) is 5.69 Å². The van der Waals surface area contributed by atoms with Crippen molar-refractivity contribution in [3.05, 3.63) is 70.5 Å². The number of amides is 3. The average Bonchev–Trinajstić information content (AvgIpc) is 3.24. The van der Waals surface area contributed by atoms with E-state index in [9.17, 15) is 18.8 Å². The fourth-order valence-corrected chi connectivity index (χ4v) is 4.33. The molecule has 5 N–H and O–H groups in total. The predicted molar refractivity (Wildman–Crippen MR) is 144 cm³/mol. The normalized spacial score (nSPS) is 12.1. The Morgan fingerprint density at radius 3 is 2.11 bits per heavy atom. The van der Waals surface area contributed by atoms with E-state index >= 15 is 0 Å². The molecular formula is C26H31FN6O3S. The summed E-state index contributed by atoms with van der Waals surface area (Å²) >= 11 is 0.708. The number of hydrogen-bond acceptors (Lipinski definition) is 7. The van der Waals surface area contributed by atoms with Crippen LogP contribution in [0.2, 0.25) is 0 Å². The zero-order valence-electron chi connectivity index (χ0n) is 21.4. The summed E-state index contributed by atoms with van der Waals surface area (Å²) in [5, 5.41) is 3.01. The lowest BCUT2D eigenvalue weighted by atomic mass is 9.97. The van der Waals surface area contributed by atoms with Crippen molar-refractivity contribution in [1.82, 2.24) is 9.69 Å². The first-order chi connectivity index (χ1) is 17.4. The largest absolute Gasteiger partial charge is 0.395 e. The summed E-state index contributed by atoms with van der Waals surface area (Å²) in [6, 6.07) is 11.2. The Morgan fingerprint density at radius 2 is 1.62 bits per heavy atom. The highest BCUT2D eigenvalue weighted by Crippen LogP contribution is 2.34. The number of aromatic nitrogens is 1. The molecule has 1 aromatic heterocycles. The fourth-order valence-electron chi connectivity index (χ4n) is 3.59. The van der Waals surface area contributed by atoms with Crippen LogP contribution in [0.1, 0.15) is 59.0 Å². The molecule has 0 aliphatic rings. The van der Waals surface area contributed by atoms with E-state index in [1.165, 1.54) is 29.2 Å². The van der Waals surface area contributed by atoms with E-state index in [1.54, 1.807) is 12.1 Å². The molecule has 0 saturated carbocycles. The molecule has 11 heteroatoms. The highest BCUT2D eigenvalue weighted by atomic mass is 32.1. The minimum Gasteiger partial charge on any atom is -0.395 e. The first-order valence-electron chi connectivity index (χ1n) is 11.6. The van der Waals surface area contributed by atoms with Crippen molar-refractivity contribution in [1.29, 1.82) is 0 Å². The van der Waals surface area contributed by atoms with Crippen LogP contribution in [0.4, 0.5) is 21.5 Å². The van der Waals surface area contributed by atoms with Crippen molar-refractivity contribution in [2.75, 3.05) is 29.6 Å². The number of nitrogens with two attached hydrogens (primary N) is 2. The standard InChI is InChI=1S/C26H31FN6O3S/c1-6-26(2,3)30-24(35)21(15-7-11-17(12-8-15)32(4)5)33(18-13-9-16(27)10-14-18)25(36)22-19(28)20(23(29)34)31-37-22/h7-14,21H,6,28H2,1-5H3,(H2,29,34)(H,30,35)/t21-/m1/s1. The van der Waals surface area contributed by atoms with Crippen LogP contribution in [-0.4, -0.2) is 41.7 Å². The van der Waals surface area contributed by atoms with Gasteiger partial charge in [0, 0.05) is 31.0 Å². The van der Waals surface area contributed by atoms with E-state index in [1.807, 2.05) is 51.9 Å². The minimum absolute atomic E-state index is 0.0596. The second kappa shape index (κ2) is 11.0. The Hall–Kier alpha value is -3.99. The molecule has 0 fully saturated rings. The van der Waals surface area contributed by atoms with Gasteiger partial charge in [0.25, 0.3) is 11.8 Å². The van der Waals surface area contributed by atoms with E-state index in [-0.39, 0.29) is 21.9 Å². The van der Waals surface area contributed by atoms with Gasteiger partial charge in [-0.3, -0.25) is 19.3 Å². The van der Waals surface area contributed by atoms with Crippen molar-refractivity contribution >= 4 is 46.3 Å². The zero-order valence-corrected chi connectivity index (χ0v) is 22.2. The highest BCUT2D eigenvalue weighted by molar-refractivity contribution is 7.09. The number of primary amides is 1. The summed E-state index contributed by atoms with van der Waals surface area (Å²) in [5.41, 5.74) is 12.1. The van der Waals surface area contributed by atoms with Crippen LogP contribution >= 0.6 is 11.5 Å². The quantitative estimate of drug-likeness (QED) is 0.389. The van der Waals surface area contributed by atoms with Gasteiger partial charge in [-0.25, -0.2) is 4.39 Å². The topological polar surface area (TPSA) is 135 Å². The van der Waals surface area contributed by atoms with Crippen LogP contribution in [0.5, 0.6) is 0 Å². The number of anilines is 3. The maximum atomic E-state index is 14.0. The van der Waals surface area contributed by atoms with Gasteiger partial charge >= 0.3 is 0 Å². The number of carbonyl (C=O) groups excluding carboxylic acids is 3. The second-order valence-corrected chi connectivity index (χ2v) is 10.2. The number of nitrogens with one attached hydrogen (secondary N) is 1. The second-order valence-electron chi connectivity index (χ2n) is 9.40. The van der Waals surface area contributed by atoms with Crippen molar-refractivity contribution in [3.63, 3.8) is 0 Å². The molecule has 3 amide bonds. The summed E-state index contributed by atoms with van der Waals surface area (Å²) in [6.45, 7) is 5.69. The van der Waals surface area contributed by atoms with Gasteiger partial charge in [0.1, 0.15) is 16.7 Å². The van der Waals surface area contributed by atoms with E-state index < -0.39 is 35.1 Å². The number of benzene rings is 2. The lowest BCUT2D eigenvalue weighted by Gasteiger charge is -2.34. The summed E-state index contributed by atoms with van der Waals surface area (Å²) in [6.07, 6.45) is 0.638. The van der Waals surface area contributed by atoms with Crippen molar-refractivity contribution in [2.45, 2.75) is 38.8 Å². The molecule has 0 unspecified atom stereocenters. The molecule has 196 valence electrons. The Labute approximate surface area is 219 Å². The van der Waals surface area contributed by atoms with Crippen LogP contribution < -0.4 is 26.6 Å². The average molecular weight is 527 g/mol. The first-order valence-corrected chi connectivity index (χ1v) is 12.4. The van der Waals surface area contributed by atoms with Gasteiger partial charge in [-0.15, -0.1) is 0 Å². The van der Waals surface area contributed by atoms with Gasteiger partial charge in [-0.1, -0.05) is 19.1 Å². The zero-order chi connectivity index (χ0) is 27.5. The predicted octanol–water partition coefficient (Wildman–Crippen LogP) is 3.72. The van der Waals surface area contributed by atoms with Crippen molar-refractivity contribution in [3.8, 4) is 0 Å². The van der Waals surface area contributed by atoms with Crippen LogP contribution in [0, 0.1) is 5.82 Å². The summed E-state index contributed by atoms with van der Waals surface area (Å²) in [5.74, 6) is -2.51. The summed E-state index contributed by atoms with van der Waals surface area (Å²) < 4.78 is 17.8. The van der Waals surface area contributed by atoms with Gasteiger partial charge < -0.3 is 21.7 Å². The third-order valence-electron chi connectivity index (χ3n) is 6.06. The molecule has 3 aromatic rings. The molecule has 1 atom stereocenters. The Bertz CT molecular complexity index is 1290. The molecule has 1 heterocycles. The third kappa shape index (κ3) is 6.05. The molecule has 0 spiro atoms. The molecule has 3 rings (SSSR count). The van der Waals surface area contributed by atoms with E-state index in [0.29, 0.717) is 23.5 Å². The molecule has 0 aliphatic heterocycles. The molecule has 0 aliphatic carbocycles. The summed E-state index contributed by atoms with van der Waals surface area (Å²) in [7, 11) is 3.78. The van der Waals surface area contributed by atoms with Crippen LogP contribution in [0.3, 0.4) is 0 Å². The maximum Gasteiger partial charge on any atom is 0.273 e. The van der Waals surface area contributed by atoms with Crippen LogP contribution in [-0.2, 0) is 4.79 Å². The number of rotatable bonds is 9. The van der Waals surface area contributed by atoms with E-state index in [2.05, 4.69) is 9.69 Å². The SMILES string of the molecule is CCC(C)(C)NC(=O)[C@@H](c1ccc(N(C)C)cc1)N(C(=O)c1snc(C(N)=O)c1N)c1ccc(F)cc1. The maximum absolute atomic E-state index is 14.0. The monoisotopic (exact) mass is 526 g/mol. The number of nitrogens with zero attached hydrogens (tertiary/aromatic N) is 3. The van der Waals surface area contributed by atoms with Gasteiger partial charge in [-0.2, -0.15) is 4.37 Å². The first kappa shape index (κ1) is 27.6. The van der Waals surface area contributed by atoms with Crippen molar-refractivity contribution < 1.29 is 18.8 Å².